The Morgan fingerprint density at radius 3 is 2.26 bits per heavy atom. The molecule has 0 bridgehead atoms. The van der Waals surface area contributed by atoms with E-state index in [2.05, 4.69) is 0 Å². The van der Waals surface area contributed by atoms with Crippen LogP contribution in [0.4, 0.5) is 0 Å². The maximum Gasteiger partial charge on any atom is 0.341 e. The summed E-state index contributed by atoms with van der Waals surface area (Å²) in [5, 5.41) is 15.1. The predicted molar refractivity (Wildman–Crippen MR) is 122 cm³/mol. The van der Waals surface area contributed by atoms with Gasteiger partial charge in [0, 0.05) is 21.2 Å². The van der Waals surface area contributed by atoms with Crippen molar-refractivity contribution in [3.8, 4) is 34.0 Å². The van der Waals surface area contributed by atoms with Gasteiger partial charge in [0.15, 0.2) is 6.61 Å². The normalized spacial score (nSPS) is 10.8. The Bertz CT molecular complexity index is 1170. The van der Waals surface area contributed by atoms with Gasteiger partial charge < -0.3 is 9.84 Å². The van der Waals surface area contributed by atoms with Gasteiger partial charge in [-0.1, -0.05) is 47.0 Å². The van der Waals surface area contributed by atoms with E-state index in [1.165, 1.54) is 0 Å². The van der Waals surface area contributed by atoms with Gasteiger partial charge in [-0.15, -0.1) is 0 Å². The maximum atomic E-state index is 11.0. The third-order valence-electron chi connectivity index (χ3n) is 4.68. The van der Waals surface area contributed by atoms with Crippen molar-refractivity contribution in [3.63, 3.8) is 0 Å². The molecule has 0 amide bonds. The summed E-state index contributed by atoms with van der Waals surface area (Å²) in [6, 6.07) is 22.4. The van der Waals surface area contributed by atoms with E-state index in [1.807, 2.05) is 66.2 Å². The molecule has 156 valence electrons. The Hall–Kier alpha value is -3.28. The highest BCUT2D eigenvalue weighted by atomic mass is 35.5. The van der Waals surface area contributed by atoms with Crippen molar-refractivity contribution < 1.29 is 14.6 Å². The largest absolute Gasteiger partial charge is 0.481 e. The average molecular weight is 453 g/mol. The van der Waals surface area contributed by atoms with Gasteiger partial charge in [0.1, 0.15) is 5.75 Å². The Balaban J connectivity index is 1.88. The van der Waals surface area contributed by atoms with Gasteiger partial charge in [-0.2, -0.15) is 5.10 Å². The minimum absolute atomic E-state index is 0.433. The van der Waals surface area contributed by atoms with E-state index in [4.69, 9.17) is 38.1 Å². The smallest absolute Gasteiger partial charge is 0.341 e. The number of rotatable bonds is 6. The van der Waals surface area contributed by atoms with Crippen LogP contribution in [0.1, 0.15) is 5.56 Å². The summed E-state index contributed by atoms with van der Waals surface area (Å²) in [5.41, 5.74) is 4.99. The van der Waals surface area contributed by atoms with Gasteiger partial charge >= 0.3 is 5.97 Å². The van der Waals surface area contributed by atoms with E-state index in [9.17, 15) is 4.79 Å². The molecule has 4 aromatic rings. The summed E-state index contributed by atoms with van der Waals surface area (Å²) in [6.07, 6.45) is 0. The fraction of sp³-hybridized carbons (Fsp3) is 0.0833. The minimum atomic E-state index is -1.04. The highest BCUT2D eigenvalue weighted by Gasteiger charge is 2.17. The third kappa shape index (κ3) is 4.74. The number of nitrogens with zero attached hydrogens (tertiary/aromatic N) is 2. The maximum absolute atomic E-state index is 11.0. The molecular formula is C24H18Cl2N2O3. The molecule has 0 unspecified atom stereocenters. The molecule has 3 aromatic carbocycles. The van der Waals surface area contributed by atoms with Crippen molar-refractivity contribution in [2.45, 2.75) is 6.92 Å². The third-order valence-corrected chi connectivity index (χ3v) is 5.19. The quantitative estimate of drug-likeness (QED) is 0.373. The van der Waals surface area contributed by atoms with Crippen LogP contribution in [0.15, 0.2) is 72.8 Å². The minimum Gasteiger partial charge on any atom is -0.481 e. The molecule has 0 atom stereocenters. The van der Waals surface area contributed by atoms with Crippen molar-refractivity contribution in [1.29, 1.82) is 0 Å². The molecule has 1 N–H and O–H groups in total. The molecule has 5 nitrogen and oxygen atoms in total. The molecule has 0 radical (unpaired) electrons. The second-order valence-corrected chi connectivity index (χ2v) is 7.86. The molecule has 31 heavy (non-hydrogen) atoms. The lowest BCUT2D eigenvalue weighted by Crippen LogP contribution is -2.10. The molecule has 0 spiro atoms. The molecule has 0 aliphatic carbocycles. The van der Waals surface area contributed by atoms with Gasteiger partial charge in [0.05, 0.1) is 17.1 Å². The number of aromatic nitrogens is 2. The zero-order chi connectivity index (χ0) is 22.0. The molecule has 4 rings (SSSR count). The highest BCUT2D eigenvalue weighted by molar-refractivity contribution is 6.30. The van der Waals surface area contributed by atoms with Crippen molar-refractivity contribution >= 4 is 29.2 Å². The van der Waals surface area contributed by atoms with Crippen LogP contribution in [0.5, 0.6) is 5.75 Å². The summed E-state index contributed by atoms with van der Waals surface area (Å²) < 4.78 is 7.33. The van der Waals surface area contributed by atoms with Crippen molar-refractivity contribution in [3.05, 3.63) is 88.4 Å². The lowest BCUT2D eigenvalue weighted by Gasteiger charge is -2.09. The summed E-state index contributed by atoms with van der Waals surface area (Å²) in [6.45, 7) is 1.53. The van der Waals surface area contributed by atoms with Crippen LogP contribution in [0, 0.1) is 6.92 Å². The summed E-state index contributed by atoms with van der Waals surface area (Å²) >= 11 is 12.1. The topological polar surface area (TPSA) is 64.3 Å². The number of hydrogen-bond donors (Lipinski definition) is 1. The van der Waals surface area contributed by atoms with E-state index >= 15 is 0 Å². The van der Waals surface area contributed by atoms with E-state index in [-0.39, 0.29) is 0 Å². The Morgan fingerprint density at radius 2 is 1.61 bits per heavy atom. The van der Waals surface area contributed by atoms with Gasteiger partial charge in [-0.25, -0.2) is 9.48 Å². The number of hydrogen-bond acceptors (Lipinski definition) is 3. The van der Waals surface area contributed by atoms with Crippen molar-refractivity contribution in [2.24, 2.45) is 0 Å². The summed E-state index contributed by atoms with van der Waals surface area (Å²) in [4.78, 5) is 11.0. The predicted octanol–water partition coefficient (Wildman–Crippen LogP) is 6.28. The van der Waals surface area contributed by atoms with Crippen LogP contribution in [-0.2, 0) is 4.79 Å². The monoisotopic (exact) mass is 452 g/mol. The van der Waals surface area contributed by atoms with Gasteiger partial charge in [0.25, 0.3) is 0 Å². The lowest BCUT2D eigenvalue weighted by molar-refractivity contribution is -0.139. The second kappa shape index (κ2) is 8.84. The number of aryl methyl sites for hydroxylation is 1. The highest BCUT2D eigenvalue weighted by Crippen LogP contribution is 2.35. The molecule has 0 fully saturated rings. The zero-order valence-corrected chi connectivity index (χ0v) is 18.1. The first-order valence-corrected chi connectivity index (χ1v) is 10.2. The molecule has 0 aliphatic heterocycles. The van der Waals surface area contributed by atoms with E-state index in [0.29, 0.717) is 27.1 Å². The molecule has 0 saturated heterocycles. The lowest BCUT2D eigenvalue weighted by atomic mass is 10.1. The van der Waals surface area contributed by atoms with E-state index in [0.717, 1.165) is 22.5 Å². The van der Waals surface area contributed by atoms with Gasteiger partial charge in [0.2, 0.25) is 0 Å². The average Bonchev–Trinajstić information content (AvgIpc) is 3.19. The van der Waals surface area contributed by atoms with Gasteiger partial charge in [-0.05, 0) is 61.5 Å². The van der Waals surface area contributed by atoms with Crippen LogP contribution >= 0.6 is 23.2 Å². The number of halogens is 2. The summed E-state index contributed by atoms with van der Waals surface area (Å²) in [7, 11) is 0. The first-order chi connectivity index (χ1) is 14.9. The van der Waals surface area contributed by atoms with Crippen molar-refractivity contribution in [2.75, 3.05) is 6.61 Å². The van der Waals surface area contributed by atoms with E-state index < -0.39 is 12.6 Å². The molecular weight excluding hydrogens is 435 g/mol. The van der Waals surface area contributed by atoms with Crippen LogP contribution in [-0.4, -0.2) is 27.5 Å². The first kappa shape index (κ1) is 21.0. The van der Waals surface area contributed by atoms with Crippen LogP contribution in [0.2, 0.25) is 10.0 Å². The fourth-order valence-electron chi connectivity index (χ4n) is 3.23. The van der Waals surface area contributed by atoms with Gasteiger partial charge in [-0.3, -0.25) is 0 Å². The number of ether oxygens (including phenoxy) is 1. The van der Waals surface area contributed by atoms with Crippen LogP contribution in [0.3, 0.4) is 0 Å². The second-order valence-electron chi connectivity index (χ2n) is 6.99. The fourth-order valence-corrected chi connectivity index (χ4v) is 3.48. The van der Waals surface area contributed by atoms with Crippen LogP contribution < -0.4 is 4.74 Å². The zero-order valence-electron chi connectivity index (χ0n) is 16.5. The molecule has 1 aromatic heterocycles. The molecule has 0 saturated carbocycles. The Labute approximate surface area is 189 Å². The van der Waals surface area contributed by atoms with Crippen molar-refractivity contribution in [1.82, 2.24) is 9.78 Å². The molecule has 7 heteroatoms. The van der Waals surface area contributed by atoms with E-state index in [1.54, 1.807) is 18.2 Å². The number of carboxylic acid groups (broad SMARTS) is 1. The standard InChI is InChI=1S/C24H18Cl2N2O3/c1-15-2-11-23(31-14-24(29)30)20(12-15)21-13-22(16-3-5-17(25)6-4-16)28(27-21)19-9-7-18(26)8-10-19/h2-13H,14H2,1H3,(H,29,30). The number of carboxylic acids is 1. The molecule has 1 heterocycles. The SMILES string of the molecule is Cc1ccc(OCC(=O)O)c(-c2cc(-c3ccc(Cl)cc3)n(-c3ccc(Cl)cc3)n2)c1. The number of benzene rings is 3. The van der Waals surface area contributed by atoms with Crippen LogP contribution in [0.25, 0.3) is 28.2 Å². The molecule has 0 aliphatic rings. The number of carbonyl (C=O) groups is 1. The summed E-state index contributed by atoms with van der Waals surface area (Å²) in [5.74, 6) is -0.587. The Kier molecular flexibility index (Phi) is 5.98. The number of aliphatic carboxylic acids is 1. The first-order valence-electron chi connectivity index (χ1n) is 9.48. The Morgan fingerprint density at radius 1 is 0.968 bits per heavy atom.